The summed E-state index contributed by atoms with van der Waals surface area (Å²) in [4.78, 5) is 39.0. The Labute approximate surface area is 324 Å². The van der Waals surface area contributed by atoms with Gasteiger partial charge in [0, 0.05) is 11.8 Å². The number of halogens is 2. The molecule has 8 atom stereocenters. The summed E-state index contributed by atoms with van der Waals surface area (Å²) in [6, 6.07) is 5.31. The Morgan fingerprint density at radius 2 is 1.62 bits per heavy atom. The van der Waals surface area contributed by atoms with Crippen LogP contribution in [-0.2, 0) is 24.5 Å². The van der Waals surface area contributed by atoms with Crippen molar-refractivity contribution in [1.29, 1.82) is 0 Å². The number of Topliss-reactive ketones (excluding diaryl/α,β-unsaturated/α-hetero) is 1. The molecule has 1 N–H and O–H groups in total. The van der Waals surface area contributed by atoms with Crippen molar-refractivity contribution in [3.8, 4) is 11.5 Å². The van der Waals surface area contributed by atoms with E-state index in [2.05, 4.69) is 58.7 Å². The minimum Gasteiger partial charge on any atom is -0.481 e. The molecule has 7 rings (SSSR count). The lowest BCUT2D eigenvalue weighted by Crippen LogP contribution is -2.66. The van der Waals surface area contributed by atoms with Crippen LogP contribution in [0.4, 0.5) is 0 Å². The minimum atomic E-state index is -1.17. The molecule has 1 heterocycles. The van der Waals surface area contributed by atoms with E-state index in [4.69, 9.17) is 32.4 Å². The average molecular weight is 768 g/mol. The van der Waals surface area contributed by atoms with Crippen molar-refractivity contribution in [1.82, 2.24) is 10.2 Å². The number of benzene rings is 1. The van der Waals surface area contributed by atoms with E-state index in [0.717, 1.165) is 56.9 Å². The molecular formula is C43H56Cl2N2O6. The molecule has 0 saturated heterocycles. The third-order valence-electron chi connectivity index (χ3n) is 15.8. The topological polar surface area (TPSA) is 120 Å². The Kier molecular flexibility index (Phi) is 9.21. The second-order valence-electron chi connectivity index (χ2n) is 19.5. The van der Waals surface area contributed by atoms with Crippen LogP contribution in [0.25, 0.3) is 11.5 Å². The zero-order chi connectivity index (χ0) is 38.7. The van der Waals surface area contributed by atoms with Crippen LogP contribution in [0.2, 0.25) is 10.0 Å². The van der Waals surface area contributed by atoms with Crippen molar-refractivity contribution in [3.63, 3.8) is 0 Å². The van der Waals surface area contributed by atoms with E-state index in [9.17, 15) is 19.5 Å². The van der Waals surface area contributed by atoms with Gasteiger partial charge in [0.15, 0.2) is 5.78 Å². The first-order valence-electron chi connectivity index (χ1n) is 19.6. The molecular weight excluding hydrogens is 711 g/mol. The number of esters is 1. The Morgan fingerprint density at radius 1 is 0.943 bits per heavy atom. The number of fused-ring (bicyclic) bond motifs is 7. The van der Waals surface area contributed by atoms with Crippen LogP contribution < -0.4 is 0 Å². The number of carbonyl (C=O) groups is 3. The molecule has 1 unspecified atom stereocenters. The van der Waals surface area contributed by atoms with Gasteiger partial charge in [0.05, 0.1) is 32.9 Å². The van der Waals surface area contributed by atoms with Gasteiger partial charge < -0.3 is 14.3 Å². The first-order chi connectivity index (χ1) is 24.6. The number of ether oxygens (including phenoxy) is 1. The van der Waals surface area contributed by atoms with Gasteiger partial charge in [-0.05, 0) is 128 Å². The molecule has 1 aromatic heterocycles. The van der Waals surface area contributed by atoms with Crippen molar-refractivity contribution >= 4 is 40.9 Å². The maximum Gasteiger partial charge on any atom is 0.309 e. The SMILES string of the molecule is CC(C)C1=C2[C@H]3CC[C@@H]4C5(C)CC[C@H](OC(=O)CC(C)(C)C(=O)O)C(C)(C)[C@@H]5CC[C@@]4(C)[C@]3(C)CC[C@@]2(c2nnc(-c3c(Cl)cccc3Cl)o2)CC1=O. The van der Waals surface area contributed by atoms with E-state index in [1.807, 2.05) is 0 Å². The molecule has 8 nitrogen and oxygen atoms in total. The molecule has 0 amide bonds. The van der Waals surface area contributed by atoms with E-state index in [0.29, 0.717) is 39.8 Å². The third kappa shape index (κ3) is 5.52. The average Bonchev–Trinajstić information content (AvgIpc) is 3.66. The van der Waals surface area contributed by atoms with Crippen LogP contribution in [0.15, 0.2) is 33.8 Å². The van der Waals surface area contributed by atoms with Gasteiger partial charge in [-0.2, -0.15) is 0 Å². The van der Waals surface area contributed by atoms with Crippen LogP contribution >= 0.6 is 23.2 Å². The maximum absolute atomic E-state index is 14.2. The van der Waals surface area contributed by atoms with E-state index >= 15 is 0 Å². The molecule has 4 fully saturated rings. The van der Waals surface area contributed by atoms with Crippen molar-refractivity contribution in [2.45, 2.75) is 138 Å². The van der Waals surface area contributed by atoms with Gasteiger partial charge in [-0.3, -0.25) is 14.4 Å². The van der Waals surface area contributed by atoms with Crippen LogP contribution in [0.1, 0.15) is 132 Å². The first kappa shape index (κ1) is 38.6. The number of aliphatic carboxylic acids is 1. The Bertz CT molecular complexity index is 1880. The molecule has 0 aliphatic heterocycles. The fourth-order valence-corrected chi connectivity index (χ4v) is 13.5. The summed E-state index contributed by atoms with van der Waals surface area (Å²) in [6.45, 7) is 19.5. The summed E-state index contributed by atoms with van der Waals surface area (Å²) in [7, 11) is 0. The second kappa shape index (κ2) is 12.7. The van der Waals surface area contributed by atoms with Crippen molar-refractivity contribution in [2.75, 3.05) is 0 Å². The Balaban J connectivity index is 1.22. The van der Waals surface area contributed by atoms with Gasteiger partial charge in [0.25, 0.3) is 5.89 Å². The molecule has 4 saturated carbocycles. The zero-order valence-electron chi connectivity index (χ0n) is 32.8. The number of carboxylic acid groups (broad SMARTS) is 1. The van der Waals surface area contributed by atoms with Gasteiger partial charge in [0.1, 0.15) is 6.10 Å². The van der Waals surface area contributed by atoms with Gasteiger partial charge >= 0.3 is 11.9 Å². The fraction of sp³-hybridized carbons (Fsp3) is 0.698. The van der Waals surface area contributed by atoms with Gasteiger partial charge in [0.2, 0.25) is 5.89 Å². The highest BCUT2D eigenvalue weighted by Crippen LogP contribution is 2.77. The van der Waals surface area contributed by atoms with E-state index < -0.39 is 22.8 Å². The van der Waals surface area contributed by atoms with Crippen LogP contribution in [-0.4, -0.2) is 39.1 Å². The lowest BCUT2D eigenvalue weighted by molar-refractivity contribution is -0.232. The molecule has 0 radical (unpaired) electrons. The lowest BCUT2D eigenvalue weighted by atomic mass is 9.33. The molecule has 0 bridgehead atoms. The number of nitrogens with zero attached hydrogens (tertiary/aromatic N) is 2. The first-order valence-corrected chi connectivity index (χ1v) is 20.4. The summed E-state index contributed by atoms with van der Waals surface area (Å²) >= 11 is 13.1. The molecule has 5 aliphatic carbocycles. The van der Waals surface area contributed by atoms with Crippen LogP contribution in [0.3, 0.4) is 0 Å². The number of hydrogen-bond acceptors (Lipinski definition) is 7. The van der Waals surface area contributed by atoms with E-state index in [1.165, 1.54) is 5.57 Å². The summed E-state index contributed by atoms with van der Waals surface area (Å²) < 4.78 is 12.7. The molecule has 10 heteroatoms. The van der Waals surface area contributed by atoms with Crippen LogP contribution in [0.5, 0.6) is 0 Å². The number of rotatable bonds is 7. The summed E-state index contributed by atoms with van der Waals surface area (Å²) in [6.07, 6.45) is 7.50. The molecule has 1 aromatic carbocycles. The highest BCUT2D eigenvalue weighted by Gasteiger charge is 2.71. The standard InChI is InChI=1S/C43H56Cl2N2O6/c1-23(2)32-27(48)21-43(36-47-46-35(53-36)33-25(44)11-10-12-26(33)45)20-19-41(8)24(34(32)43)13-14-29-40(7)17-16-30(52-31(49)22-38(3,4)37(50)51)39(5,6)28(40)15-18-42(29,41)9/h10-12,23-24,28-30H,13-22H2,1-9H3,(H,50,51)/t24-,28+,29-,30+,40?,41-,42-,43-/m1/s1. The van der Waals surface area contributed by atoms with Crippen molar-refractivity contribution in [3.05, 3.63) is 45.3 Å². The quantitative estimate of drug-likeness (QED) is 0.277. The summed E-state index contributed by atoms with van der Waals surface area (Å²) in [5.41, 5.74) is 0.617. The molecule has 5 aliphatic rings. The number of ketones is 1. The van der Waals surface area contributed by atoms with Crippen LogP contribution in [0, 0.1) is 50.7 Å². The monoisotopic (exact) mass is 766 g/mol. The highest BCUT2D eigenvalue weighted by atomic mass is 35.5. The molecule has 288 valence electrons. The fourth-order valence-electron chi connectivity index (χ4n) is 12.9. The predicted octanol–water partition coefficient (Wildman–Crippen LogP) is 10.7. The van der Waals surface area contributed by atoms with E-state index in [-0.39, 0.29) is 57.7 Å². The minimum absolute atomic E-state index is 0.0181. The predicted molar refractivity (Wildman–Crippen MR) is 204 cm³/mol. The molecule has 2 aromatic rings. The van der Waals surface area contributed by atoms with Gasteiger partial charge in [-0.15, -0.1) is 10.2 Å². The number of aromatic nitrogens is 2. The lowest BCUT2D eigenvalue weighted by Gasteiger charge is -2.72. The summed E-state index contributed by atoms with van der Waals surface area (Å²) in [5.74, 6) is 0.616. The second-order valence-corrected chi connectivity index (χ2v) is 20.3. The van der Waals surface area contributed by atoms with Crippen molar-refractivity contribution < 1.29 is 28.6 Å². The molecule has 53 heavy (non-hydrogen) atoms. The highest BCUT2D eigenvalue weighted by molar-refractivity contribution is 6.38. The van der Waals surface area contributed by atoms with Gasteiger partial charge in [-0.25, -0.2) is 0 Å². The number of carbonyl (C=O) groups excluding carboxylic acids is 2. The smallest absolute Gasteiger partial charge is 0.309 e. The van der Waals surface area contributed by atoms with Gasteiger partial charge in [-0.1, -0.05) is 77.7 Å². The number of hydrogen-bond donors (Lipinski definition) is 1. The Hall–Kier alpha value is -2.71. The zero-order valence-corrected chi connectivity index (χ0v) is 34.3. The number of allylic oxidation sites excluding steroid dienone is 2. The third-order valence-corrected chi connectivity index (χ3v) is 16.4. The van der Waals surface area contributed by atoms with E-state index in [1.54, 1.807) is 32.0 Å². The van der Waals surface area contributed by atoms with Crippen molar-refractivity contribution in [2.24, 2.45) is 50.7 Å². The normalized spacial score (nSPS) is 36.4. The maximum atomic E-state index is 14.2. The number of carboxylic acids is 1. The summed E-state index contributed by atoms with van der Waals surface area (Å²) in [5, 5.41) is 19.6. The Morgan fingerprint density at radius 3 is 2.26 bits per heavy atom. The largest absolute Gasteiger partial charge is 0.481 e. The molecule has 0 spiro atoms.